The lowest BCUT2D eigenvalue weighted by molar-refractivity contribution is 0.0956. The van der Waals surface area contributed by atoms with E-state index in [-0.39, 0.29) is 60.7 Å². The predicted molar refractivity (Wildman–Crippen MR) is 197 cm³/mol. The van der Waals surface area contributed by atoms with Crippen molar-refractivity contribution in [3.63, 3.8) is 0 Å². The van der Waals surface area contributed by atoms with Gasteiger partial charge in [-0.15, -0.1) is 48.6 Å². The van der Waals surface area contributed by atoms with E-state index in [9.17, 15) is 14.4 Å². The van der Waals surface area contributed by atoms with E-state index in [4.69, 9.17) is 22.9 Å². The fraction of sp³-hybridized carbons (Fsp3) is 0.419. The van der Waals surface area contributed by atoms with Gasteiger partial charge in [-0.2, -0.15) is 0 Å². The molecule has 0 atom stereocenters. The van der Waals surface area contributed by atoms with Crippen molar-refractivity contribution >= 4 is 93.5 Å². The number of nitrogens with one attached hydrogen (secondary N) is 3. The van der Waals surface area contributed by atoms with Gasteiger partial charge in [-0.1, -0.05) is 37.1 Å². The second-order valence-corrected chi connectivity index (χ2v) is 11.6. The van der Waals surface area contributed by atoms with Crippen LogP contribution in [0.5, 0.6) is 0 Å². The Balaban J connectivity index is 0.00000353. The van der Waals surface area contributed by atoms with E-state index < -0.39 is 0 Å². The summed E-state index contributed by atoms with van der Waals surface area (Å²) in [6, 6.07) is 8.74. The van der Waals surface area contributed by atoms with Crippen molar-refractivity contribution in [2.75, 3.05) is 49.9 Å². The number of carbonyl (C=O) groups excluding carboxylic acids is 3. The van der Waals surface area contributed by atoms with Gasteiger partial charge < -0.3 is 38.9 Å². The fourth-order valence-corrected chi connectivity index (χ4v) is 6.33. The van der Waals surface area contributed by atoms with Gasteiger partial charge >= 0.3 is 0 Å². The van der Waals surface area contributed by atoms with Crippen LogP contribution in [0.1, 0.15) is 86.5 Å². The van der Waals surface area contributed by atoms with Gasteiger partial charge in [0.15, 0.2) is 17.5 Å². The molecule has 1 heterocycles. The number of unbranched alkanes of at least 4 members (excludes halogenated alkanes) is 4. The topological polar surface area (TPSA) is 204 Å². The maximum absolute atomic E-state index is 14.1. The van der Waals surface area contributed by atoms with E-state index in [0.29, 0.717) is 84.2 Å². The highest BCUT2D eigenvalue weighted by molar-refractivity contribution is 7.21. The van der Waals surface area contributed by atoms with E-state index in [1.54, 1.807) is 24.3 Å². The van der Waals surface area contributed by atoms with Crippen molar-refractivity contribution in [2.45, 2.75) is 44.9 Å². The summed E-state index contributed by atoms with van der Waals surface area (Å²) in [6.07, 6.45) is 5.95. The Morgan fingerprint density at radius 2 is 1.28 bits per heavy atom. The van der Waals surface area contributed by atoms with Crippen LogP contribution in [-0.4, -0.2) is 62.7 Å². The summed E-state index contributed by atoms with van der Waals surface area (Å²) < 4.78 is 0.758. The third kappa shape index (κ3) is 9.69. The summed E-state index contributed by atoms with van der Waals surface area (Å²) in [5, 5.41) is 10.6. The molecule has 0 saturated heterocycles. The molecule has 11 nitrogen and oxygen atoms in total. The number of nitrogens with zero attached hydrogens (tertiary/aromatic N) is 1. The first-order valence-corrected chi connectivity index (χ1v) is 15.7. The third-order valence-corrected chi connectivity index (χ3v) is 8.50. The zero-order chi connectivity index (χ0) is 30.8. The second-order valence-electron chi connectivity index (χ2n) is 10.5. The second kappa shape index (κ2) is 20.2. The van der Waals surface area contributed by atoms with Crippen LogP contribution in [0.3, 0.4) is 0 Å². The predicted octanol–water partition coefficient (Wildman–Crippen LogP) is 4.42. The standard InChI is InChI=1S/C31H42N8O3S.3ClH/c32-12-5-1-7-14-36-25-21-18-22(30(42)38-16-9-17-39-31(34)35)43-29(21)26(37-15-8-2-6-13-33)24-23(25)27(40)19-10-3-4-11-20(19)28(24)41;;;/h3-4,10-11,18,36-37H,1-2,5-9,12-17,32-33H2,(H,38,42)(H4,34,35,39);3*1H. The molecule has 0 saturated carbocycles. The monoisotopic (exact) mass is 714 g/mol. The molecule has 1 aliphatic carbocycles. The summed E-state index contributed by atoms with van der Waals surface area (Å²) in [5.74, 6) is -0.647. The zero-order valence-electron chi connectivity index (χ0n) is 25.7. The SMILES string of the molecule is Cl.Cl.Cl.NCCCCCNc1c2c(c(NCCCCCN)c3sc(C(=O)NCCCN=C(N)N)cc13)C(=O)c1ccccc1C2=O. The Morgan fingerprint density at radius 1 is 0.739 bits per heavy atom. The molecule has 0 fully saturated rings. The number of benzene rings is 2. The Labute approximate surface area is 292 Å². The molecule has 254 valence electrons. The average Bonchev–Trinajstić information content (AvgIpc) is 3.45. The molecule has 0 bridgehead atoms. The summed E-state index contributed by atoms with van der Waals surface area (Å²) >= 11 is 1.31. The molecule has 1 amide bonds. The molecule has 0 spiro atoms. The number of amides is 1. The zero-order valence-corrected chi connectivity index (χ0v) is 29.0. The fourth-order valence-electron chi connectivity index (χ4n) is 5.22. The van der Waals surface area contributed by atoms with Crippen LogP contribution in [0.4, 0.5) is 11.4 Å². The molecule has 0 radical (unpaired) electrons. The molecule has 1 aromatic heterocycles. The number of ketones is 2. The van der Waals surface area contributed by atoms with Crippen molar-refractivity contribution < 1.29 is 14.4 Å². The third-order valence-electron chi connectivity index (χ3n) is 7.35. The number of aliphatic imine (C=N–C) groups is 1. The van der Waals surface area contributed by atoms with Gasteiger partial charge in [0, 0.05) is 42.7 Å². The number of nitrogens with two attached hydrogens (primary N) is 4. The van der Waals surface area contributed by atoms with E-state index in [0.717, 1.165) is 48.6 Å². The van der Waals surface area contributed by atoms with Gasteiger partial charge in [0.05, 0.1) is 32.1 Å². The van der Waals surface area contributed by atoms with Crippen LogP contribution in [0.15, 0.2) is 35.3 Å². The maximum Gasteiger partial charge on any atom is 0.261 e. The Morgan fingerprint density at radius 3 is 1.83 bits per heavy atom. The molecule has 0 unspecified atom stereocenters. The van der Waals surface area contributed by atoms with Crippen LogP contribution < -0.4 is 38.9 Å². The number of fused-ring (bicyclic) bond motifs is 3. The molecule has 46 heavy (non-hydrogen) atoms. The number of thiophene rings is 1. The number of guanidine groups is 1. The number of carbonyl (C=O) groups is 3. The van der Waals surface area contributed by atoms with Gasteiger partial charge in [-0.05, 0) is 51.3 Å². The number of rotatable bonds is 17. The minimum atomic E-state index is -0.243. The van der Waals surface area contributed by atoms with E-state index in [1.807, 2.05) is 6.07 Å². The van der Waals surface area contributed by atoms with Crippen LogP contribution >= 0.6 is 48.6 Å². The van der Waals surface area contributed by atoms with Crippen LogP contribution in [0, 0.1) is 0 Å². The van der Waals surface area contributed by atoms with Crippen molar-refractivity contribution in [3.05, 3.63) is 57.5 Å². The van der Waals surface area contributed by atoms with Gasteiger partial charge in [-0.3, -0.25) is 19.4 Å². The lowest BCUT2D eigenvalue weighted by atomic mass is 9.81. The normalized spacial score (nSPS) is 11.3. The highest BCUT2D eigenvalue weighted by Crippen LogP contribution is 2.46. The lowest BCUT2D eigenvalue weighted by Gasteiger charge is -2.25. The van der Waals surface area contributed by atoms with E-state index in [2.05, 4.69) is 20.9 Å². The van der Waals surface area contributed by atoms with Crippen molar-refractivity contribution in [2.24, 2.45) is 27.9 Å². The first-order valence-electron chi connectivity index (χ1n) is 14.9. The van der Waals surface area contributed by atoms with Gasteiger partial charge in [0.25, 0.3) is 5.91 Å². The smallest absolute Gasteiger partial charge is 0.261 e. The molecule has 2 aromatic carbocycles. The summed E-state index contributed by atoms with van der Waals surface area (Å²) in [7, 11) is 0. The summed E-state index contributed by atoms with van der Waals surface area (Å²) in [5.41, 5.74) is 24.8. The molecular formula is C31H45Cl3N8O3S. The van der Waals surface area contributed by atoms with Crippen LogP contribution in [0.2, 0.25) is 0 Å². The molecular weight excluding hydrogens is 671 g/mol. The van der Waals surface area contributed by atoms with Gasteiger partial charge in [-0.25, -0.2) is 0 Å². The highest BCUT2D eigenvalue weighted by Gasteiger charge is 2.36. The van der Waals surface area contributed by atoms with Crippen LogP contribution in [-0.2, 0) is 0 Å². The molecule has 11 N–H and O–H groups in total. The van der Waals surface area contributed by atoms with E-state index >= 15 is 0 Å². The van der Waals surface area contributed by atoms with E-state index in [1.165, 1.54) is 11.3 Å². The summed E-state index contributed by atoms with van der Waals surface area (Å²) in [4.78, 5) is 45.8. The van der Waals surface area contributed by atoms with Gasteiger partial charge in [0.2, 0.25) is 0 Å². The maximum atomic E-state index is 14.1. The average molecular weight is 716 g/mol. The number of anilines is 2. The Kier molecular flexibility index (Phi) is 17.9. The van der Waals surface area contributed by atoms with Gasteiger partial charge in [0.1, 0.15) is 0 Å². The largest absolute Gasteiger partial charge is 0.384 e. The molecule has 15 heteroatoms. The minimum Gasteiger partial charge on any atom is -0.384 e. The number of hydrogen-bond acceptors (Lipinski definition) is 9. The first-order chi connectivity index (χ1) is 20.9. The lowest BCUT2D eigenvalue weighted by Crippen LogP contribution is -2.25. The Bertz CT molecular complexity index is 1420. The van der Waals surface area contributed by atoms with Crippen molar-refractivity contribution in [3.8, 4) is 0 Å². The van der Waals surface area contributed by atoms with Crippen LogP contribution in [0.25, 0.3) is 10.1 Å². The number of hydrogen-bond donors (Lipinski definition) is 7. The minimum absolute atomic E-state index is 0. The molecule has 1 aliphatic rings. The molecule has 0 aliphatic heterocycles. The summed E-state index contributed by atoms with van der Waals surface area (Å²) in [6.45, 7) is 3.22. The molecule has 3 aromatic rings. The van der Waals surface area contributed by atoms with Crippen molar-refractivity contribution in [1.29, 1.82) is 0 Å². The first kappa shape index (κ1) is 40.9. The van der Waals surface area contributed by atoms with Crippen molar-refractivity contribution in [1.82, 2.24) is 5.32 Å². The quantitative estimate of drug-likeness (QED) is 0.0357. The highest BCUT2D eigenvalue weighted by atomic mass is 35.5. The Hall–Kier alpha value is -3.13. The number of halogens is 3. The molecule has 4 rings (SSSR count).